The molecule has 2 unspecified atom stereocenters. The number of piperidine rings is 1. The van der Waals surface area contributed by atoms with Gasteiger partial charge in [0.15, 0.2) is 11.4 Å². The zero-order valence-electron chi connectivity index (χ0n) is 29.0. The van der Waals surface area contributed by atoms with Crippen molar-refractivity contribution < 1.29 is 14.3 Å². The van der Waals surface area contributed by atoms with Gasteiger partial charge in [-0.3, -0.25) is 9.59 Å². The first-order valence-corrected chi connectivity index (χ1v) is 18.7. The van der Waals surface area contributed by atoms with E-state index in [1.165, 1.54) is 44.5 Å². The number of aromatic nitrogens is 4. The minimum atomic E-state index is -0.354. The lowest BCUT2D eigenvalue weighted by Gasteiger charge is -2.92. The van der Waals surface area contributed by atoms with Crippen molar-refractivity contribution in [2.75, 3.05) is 37.2 Å². The topological polar surface area (TPSA) is 140 Å². The average Bonchev–Trinajstić information content (AvgIpc) is 3.50. The van der Waals surface area contributed by atoms with Gasteiger partial charge in [-0.2, -0.15) is 5.10 Å². The van der Waals surface area contributed by atoms with E-state index in [2.05, 4.69) is 32.1 Å². The van der Waals surface area contributed by atoms with Gasteiger partial charge in [-0.25, -0.2) is 14.6 Å². The zero-order chi connectivity index (χ0) is 34.7. The number of benzene rings is 2. The molecule has 0 radical (unpaired) electrons. The normalized spacial score (nSPS) is 27.5. The molecule has 4 N–H and O–H groups in total. The Kier molecular flexibility index (Phi) is 7.86. The van der Waals surface area contributed by atoms with Gasteiger partial charge >= 0.3 is 0 Å². The number of ether oxygens (including phenoxy) is 1. The highest BCUT2D eigenvalue weighted by atomic mass is 16.5. The van der Waals surface area contributed by atoms with E-state index in [9.17, 15) is 9.59 Å². The third-order valence-electron chi connectivity index (χ3n) is 13.3. The van der Waals surface area contributed by atoms with Gasteiger partial charge in [-0.1, -0.05) is 24.8 Å². The Morgan fingerprint density at radius 2 is 1.82 bits per heavy atom. The number of hydrogen-bond donors (Lipinski definition) is 3. The standard InChI is InChI=1S/C40H46N8O3/c1-2-33(49)45-31-19-25(10-11-32(31)51-30-7-4-3-5-8-30)36-35-37(41)43-24-44-38(35)48(46-36)29-12-16-47(17-13-29)18-15-42-34(50)9-6-14-39-22-27-20-26-21-28(23-39)40(26,27)39/h2-5,7-8,10-11,19,24,26-29H,1,6,9,12-18,20-23H2,(H,42,50)(H,45,49)(H2,41,43,44). The maximum absolute atomic E-state index is 12.7. The highest BCUT2D eigenvalue weighted by Crippen LogP contribution is 2.93. The fourth-order valence-electron chi connectivity index (χ4n) is 11.1. The molecular formula is C40H46N8O3. The molecule has 4 aliphatic carbocycles. The quantitative estimate of drug-likeness (QED) is 0.138. The number of nitrogens with zero attached hydrogens (tertiary/aromatic N) is 5. The van der Waals surface area contributed by atoms with Crippen LogP contribution in [0.3, 0.4) is 0 Å². The van der Waals surface area contributed by atoms with E-state index in [0.717, 1.165) is 67.6 Å². The molecular weight excluding hydrogens is 640 g/mol. The lowest BCUT2D eigenvalue weighted by molar-refractivity contribution is -0.433. The summed E-state index contributed by atoms with van der Waals surface area (Å²) in [4.78, 5) is 36.4. The van der Waals surface area contributed by atoms with E-state index in [0.29, 0.717) is 58.1 Å². The van der Waals surface area contributed by atoms with E-state index in [1.807, 2.05) is 53.2 Å². The second kappa shape index (κ2) is 12.5. The van der Waals surface area contributed by atoms with Crippen molar-refractivity contribution in [2.24, 2.45) is 28.6 Å². The molecule has 5 aliphatic rings. The molecule has 11 heteroatoms. The van der Waals surface area contributed by atoms with Crippen molar-refractivity contribution in [3.05, 3.63) is 67.5 Å². The van der Waals surface area contributed by atoms with Gasteiger partial charge in [0.05, 0.1) is 17.1 Å². The van der Waals surface area contributed by atoms with E-state index < -0.39 is 0 Å². The van der Waals surface area contributed by atoms with Gasteiger partial charge in [0.25, 0.3) is 0 Å². The number of nitrogen functional groups attached to an aromatic ring is 1. The predicted octanol–water partition coefficient (Wildman–Crippen LogP) is 6.35. The number of nitrogens with two attached hydrogens (primary N) is 1. The molecule has 11 nitrogen and oxygen atoms in total. The Labute approximate surface area is 298 Å². The summed E-state index contributed by atoms with van der Waals surface area (Å²) in [5.41, 5.74) is 10.4. The summed E-state index contributed by atoms with van der Waals surface area (Å²) in [5.74, 6) is 4.44. The van der Waals surface area contributed by atoms with Crippen molar-refractivity contribution in [2.45, 2.75) is 63.8 Å². The fourth-order valence-corrected chi connectivity index (χ4v) is 11.1. The number of carbonyl (C=O) groups is 2. The number of carbonyl (C=O) groups excluding carboxylic acids is 2. The molecule has 5 fully saturated rings. The highest BCUT2D eigenvalue weighted by molar-refractivity contribution is 6.02. The summed E-state index contributed by atoms with van der Waals surface area (Å²) in [5, 5.41) is 11.8. The number of likely N-dealkylation sites (tertiary alicyclic amines) is 1. The molecule has 1 spiro atoms. The third-order valence-corrected chi connectivity index (χ3v) is 13.3. The number of nitrogens with one attached hydrogen (secondary N) is 2. The Balaban J connectivity index is 0.825. The van der Waals surface area contributed by atoms with E-state index in [-0.39, 0.29) is 17.9 Å². The first kappa shape index (κ1) is 32.2. The van der Waals surface area contributed by atoms with Crippen molar-refractivity contribution in [3.8, 4) is 22.8 Å². The molecule has 4 saturated carbocycles. The Hall–Kier alpha value is -4.77. The van der Waals surface area contributed by atoms with Crippen LogP contribution >= 0.6 is 0 Å². The average molecular weight is 687 g/mol. The van der Waals surface area contributed by atoms with Crippen LogP contribution in [0.1, 0.15) is 63.8 Å². The molecule has 2 aromatic heterocycles. The van der Waals surface area contributed by atoms with Crippen LogP contribution in [-0.4, -0.2) is 62.6 Å². The van der Waals surface area contributed by atoms with Crippen LogP contribution in [0.15, 0.2) is 67.5 Å². The molecule has 51 heavy (non-hydrogen) atoms. The summed E-state index contributed by atoms with van der Waals surface area (Å²) in [6.07, 6.45) is 13.3. The van der Waals surface area contributed by atoms with Gasteiger partial charge in [0.2, 0.25) is 11.8 Å². The van der Waals surface area contributed by atoms with Crippen LogP contribution in [-0.2, 0) is 9.59 Å². The van der Waals surface area contributed by atoms with E-state index in [4.69, 9.17) is 15.6 Å². The zero-order valence-corrected chi connectivity index (χ0v) is 29.0. The summed E-state index contributed by atoms with van der Waals surface area (Å²) in [6.45, 7) is 6.91. The lowest BCUT2D eigenvalue weighted by Crippen LogP contribution is -2.85. The third kappa shape index (κ3) is 5.14. The highest BCUT2D eigenvalue weighted by Gasteiger charge is 2.86. The maximum Gasteiger partial charge on any atom is 0.247 e. The monoisotopic (exact) mass is 686 g/mol. The first-order chi connectivity index (χ1) is 24.9. The molecule has 3 heterocycles. The summed E-state index contributed by atoms with van der Waals surface area (Å²) < 4.78 is 8.10. The lowest BCUT2D eigenvalue weighted by atomic mass is 9.13. The smallest absolute Gasteiger partial charge is 0.247 e. The molecule has 9 rings (SSSR count). The van der Waals surface area contributed by atoms with Crippen LogP contribution in [0.2, 0.25) is 0 Å². The largest absolute Gasteiger partial charge is 0.455 e. The molecule has 4 aromatic rings. The van der Waals surface area contributed by atoms with Gasteiger partial charge in [0.1, 0.15) is 23.6 Å². The van der Waals surface area contributed by atoms with Gasteiger partial charge in [-0.05, 0) is 116 Å². The molecule has 0 bridgehead atoms. The molecule has 264 valence electrons. The van der Waals surface area contributed by atoms with Crippen LogP contribution in [0, 0.1) is 28.6 Å². The molecule has 1 aliphatic heterocycles. The molecule has 1 saturated heterocycles. The van der Waals surface area contributed by atoms with Crippen molar-refractivity contribution in [3.63, 3.8) is 0 Å². The van der Waals surface area contributed by atoms with Crippen LogP contribution in [0.5, 0.6) is 11.5 Å². The van der Waals surface area contributed by atoms with Crippen molar-refractivity contribution >= 4 is 34.4 Å². The Bertz CT molecular complexity index is 1980. The van der Waals surface area contributed by atoms with Crippen molar-refractivity contribution in [1.82, 2.24) is 30.0 Å². The van der Waals surface area contributed by atoms with Crippen LogP contribution in [0.4, 0.5) is 11.5 Å². The van der Waals surface area contributed by atoms with Gasteiger partial charge < -0.3 is 26.0 Å². The predicted molar refractivity (Wildman–Crippen MR) is 196 cm³/mol. The number of rotatable bonds is 13. The Morgan fingerprint density at radius 3 is 2.55 bits per heavy atom. The second-order valence-electron chi connectivity index (χ2n) is 15.5. The number of fused-ring (bicyclic) bond motifs is 1. The fraction of sp³-hybridized carbons (Fsp3) is 0.475. The first-order valence-electron chi connectivity index (χ1n) is 18.7. The minimum Gasteiger partial charge on any atom is -0.455 e. The number of amides is 2. The Morgan fingerprint density at radius 1 is 1.04 bits per heavy atom. The summed E-state index contributed by atoms with van der Waals surface area (Å²) in [7, 11) is 0. The maximum atomic E-state index is 12.7. The number of anilines is 2. The summed E-state index contributed by atoms with van der Waals surface area (Å²) in [6, 6.07) is 15.1. The van der Waals surface area contributed by atoms with Crippen LogP contribution < -0.4 is 21.1 Å². The van der Waals surface area contributed by atoms with E-state index in [1.54, 1.807) is 0 Å². The van der Waals surface area contributed by atoms with Gasteiger partial charge in [0, 0.05) is 38.2 Å². The minimum absolute atomic E-state index is 0.129. The number of para-hydroxylation sites is 1. The molecule has 2 atom stereocenters. The number of hydrogen-bond acceptors (Lipinski definition) is 8. The summed E-state index contributed by atoms with van der Waals surface area (Å²) >= 11 is 0. The van der Waals surface area contributed by atoms with Crippen molar-refractivity contribution in [1.29, 1.82) is 0 Å². The second-order valence-corrected chi connectivity index (χ2v) is 15.5. The molecule has 2 amide bonds. The SMILES string of the molecule is C=CC(=O)Nc1cc(-c2nn(C3CCN(CCNC(=O)CCCC45CC6CC7CC(C4)C765)CC3)c3ncnc(N)c23)ccc1Oc1ccccc1. The van der Waals surface area contributed by atoms with Crippen LogP contribution in [0.25, 0.3) is 22.3 Å². The molecule has 2 aromatic carbocycles. The van der Waals surface area contributed by atoms with E-state index >= 15 is 0 Å². The van der Waals surface area contributed by atoms with Gasteiger partial charge in [-0.15, -0.1) is 0 Å².